The predicted molar refractivity (Wildman–Crippen MR) is 151 cm³/mol. The lowest BCUT2D eigenvalue weighted by molar-refractivity contribution is -0.136. The fraction of sp³-hybridized carbons (Fsp3) is 0.214. The number of benzene rings is 3. The minimum Gasteiger partial charge on any atom is -0.493 e. The number of ether oxygens (including phenoxy) is 2. The first-order valence-corrected chi connectivity index (χ1v) is 12.6. The van der Waals surface area contributed by atoms with Crippen molar-refractivity contribution in [1.29, 1.82) is 0 Å². The molecular weight excluding hydrogens is 552 g/mol. The van der Waals surface area contributed by atoms with Crippen LogP contribution in [0, 0.1) is 13.8 Å². The molecule has 0 heterocycles. The zero-order valence-corrected chi connectivity index (χ0v) is 23.1. The molecule has 3 N–H and O–H groups in total. The van der Waals surface area contributed by atoms with Crippen molar-refractivity contribution in [2.75, 3.05) is 24.4 Å². The van der Waals surface area contributed by atoms with Gasteiger partial charge in [0.05, 0.1) is 17.8 Å². The Bertz CT molecular complexity index is 1340. The Morgan fingerprint density at radius 3 is 2.24 bits per heavy atom. The maximum atomic E-state index is 12.4. The number of halogens is 1. The monoisotopic (exact) mass is 580 g/mol. The van der Waals surface area contributed by atoms with Crippen LogP contribution in [0.25, 0.3) is 0 Å². The first-order chi connectivity index (χ1) is 18.2. The lowest BCUT2D eigenvalue weighted by Gasteiger charge is -2.14. The standard InChI is InChI=1S/C28H29BrN4O5/c1-5-19-6-8-21(9-7-19)32-27(35)28(36)33-30-15-20-13-23(29)26(24(14-20)37-4)38-16-25(34)31-22-11-17(2)10-18(3)12-22/h6-15H,5,16H2,1-4H3,(H,31,34)(H,32,35)(H,33,36)/b30-15-. The van der Waals surface area contributed by atoms with Gasteiger partial charge in [-0.15, -0.1) is 0 Å². The topological polar surface area (TPSA) is 118 Å². The third-order valence-electron chi connectivity index (χ3n) is 5.31. The number of rotatable bonds is 9. The number of amides is 3. The van der Waals surface area contributed by atoms with Crippen molar-refractivity contribution in [1.82, 2.24) is 5.43 Å². The molecule has 3 aromatic rings. The van der Waals surface area contributed by atoms with Crippen molar-refractivity contribution in [2.24, 2.45) is 5.10 Å². The van der Waals surface area contributed by atoms with Gasteiger partial charge in [-0.25, -0.2) is 5.43 Å². The fourth-order valence-electron chi connectivity index (χ4n) is 3.56. The number of anilines is 2. The third kappa shape index (κ3) is 8.17. The summed E-state index contributed by atoms with van der Waals surface area (Å²) in [5, 5.41) is 9.18. The maximum absolute atomic E-state index is 12.4. The normalized spacial score (nSPS) is 10.7. The molecule has 9 nitrogen and oxygen atoms in total. The number of hydrogen-bond acceptors (Lipinski definition) is 6. The molecule has 10 heteroatoms. The molecule has 0 spiro atoms. The molecule has 3 amide bonds. The summed E-state index contributed by atoms with van der Waals surface area (Å²) in [6.45, 7) is 5.71. The third-order valence-corrected chi connectivity index (χ3v) is 5.90. The van der Waals surface area contributed by atoms with Crippen molar-refractivity contribution in [3.05, 3.63) is 81.3 Å². The van der Waals surface area contributed by atoms with Gasteiger partial charge < -0.3 is 20.1 Å². The number of nitrogens with zero attached hydrogens (tertiary/aromatic N) is 1. The summed E-state index contributed by atoms with van der Waals surface area (Å²) >= 11 is 3.42. The molecule has 0 aliphatic heterocycles. The van der Waals surface area contributed by atoms with Crippen LogP contribution in [-0.4, -0.2) is 37.7 Å². The summed E-state index contributed by atoms with van der Waals surface area (Å²) in [5.41, 5.74) is 7.16. The van der Waals surface area contributed by atoms with E-state index in [-0.39, 0.29) is 12.5 Å². The van der Waals surface area contributed by atoms with Crippen LogP contribution >= 0.6 is 15.9 Å². The Labute approximate surface area is 229 Å². The highest BCUT2D eigenvalue weighted by Gasteiger charge is 2.15. The number of aryl methyl sites for hydroxylation is 3. The van der Waals surface area contributed by atoms with Gasteiger partial charge in [0.15, 0.2) is 18.1 Å². The van der Waals surface area contributed by atoms with Crippen LogP contribution in [-0.2, 0) is 20.8 Å². The van der Waals surface area contributed by atoms with Gasteiger partial charge in [0.2, 0.25) is 0 Å². The molecule has 3 rings (SSSR count). The van der Waals surface area contributed by atoms with E-state index < -0.39 is 11.8 Å². The summed E-state index contributed by atoms with van der Waals surface area (Å²) in [5.74, 6) is -1.40. The van der Waals surface area contributed by atoms with E-state index in [2.05, 4.69) is 37.1 Å². The summed E-state index contributed by atoms with van der Waals surface area (Å²) in [6.07, 6.45) is 2.23. The fourth-order valence-corrected chi connectivity index (χ4v) is 4.14. The van der Waals surface area contributed by atoms with Gasteiger partial charge in [-0.1, -0.05) is 25.1 Å². The van der Waals surface area contributed by atoms with Crippen LogP contribution in [0.1, 0.15) is 29.2 Å². The number of hydrogen-bond donors (Lipinski definition) is 3. The molecule has 0 atom stereocenters. The zero-order valence-electron chi connectivity index (χ0n) is 21.6. The lowest BCUT2D eigenvalue weighted by Crippen LogP contribution is -2.32. The maximum Gasteiger partial charge on any atom is 0.329 e. The van der Waals surface area contributed by atoms with Gasteiger partial charge in [0, 0.05) is 11.4 Å². The second-order valence-corrected chi connectivity index (χ2v) is 9.31. The lowest BCUT2D eigenvalue weighted by atomic mass is 10.1. The molecule has 0 saturated carbocycles. The van der Waals surface area contributed by atoms with E-state index in [0.29, 0.717) is 32.9 Å². The van der Waals surface area contributed by atoms with E-state index in [1.54, 1.807) is 24.3 Å². The van der Waals surface area contributed by atoms with E-state index in [4.69, 9.17) is 9.47 Å². The average molecular weight is 581 g/mol. The molecule has 0 aromatic heterocycles. The largest absolute Gasteiger partial charge is 0.493 e. The van der Waals surface area contributed by atoms with Gasteiger partial charge in [-0.05, 0) is 94.9 Å². The smallest absolute Gasteiger partial charge is 0.329 e. The van der Waals surface area contributed by atoms with Gasteiger partial charge in [-0.2, -0.15) is 5.10 Å². The number of hydrazone groups is 1. The quantitative estimate of drug-likeness (QED) is 0.192. The average Bonchev–Trinajstić information content (AvgIpc) is 2.87. The number of carbonyl (C=O) groups excluding carboxylic acids is 3. The predicted octanol–water partition coefficient (Wildman–Crippen LogP) is 4.74. The first kappa shape index (κ1) is 28.4. The zero-order chi connectivity index (χ0) is 27.7. The van der Waals surface area contributed by atoms with Crippen molar-refractivity contribution in [3.63, 3.8) is 0 Å². The molecule has 0 fully saturated rings. The van der Waals surface area contributed by atoms with E-state index >= 15 is 0 Å². The molecule has 0 radical (unpaired) electrons. The van der Waals surface area contributed by atoms with E-state index in [1.807, 2.05) is 51.1 Å². The molecule has 0 saturated heterocycles. The van der Waals surface area contributed by atoms with Crippen LogP contribution in [0.15, 0.2) is 64.2 Å². The van der Waals surface area contributed by atoms with Crippen LogP contribution in [0.2, 0.25) is 0 Å². The molecular formula is C28H29BrN4O5. The summed E-state index contributed by atoms with van der Waals surface area (Å²) < 4.78 is 11.6. The number of carbonyl (C=O) groups is 3. The van der Waals surface area contributed by atoms with Gasteiger partial charge in [0.25, 0.3) is 5.91 Å². The number of methoxy groups -OCH3 is 1. The Hall–Kier alpha value is -4.18. The highest BCUT2D eigenvalue weighted by Crippen LogP contribution is 2.36. The molecule has 198 valence electrons. The van der Waals surface area contributed by atoms with Crippen molar-refractivity contribution < 1.29 is 23.9 Å². The van der Waals surface area contributed by atoms with Crippen molar-refractivity contribution >= 4 is 51.2 Å². The van der Waals surface area contributed by atoms with Crippen LogP contribution in [0.5, 0.6) is 11.5 Å². The van der Waals surface area contributed by atoms with E-state index in [0.717, 1.165) is 23.1 Å². The molecule has 0 aliphatic rings. The molecule has 0 aliphatic carbocycles. The minimum absolute atomic E-state index is 0.234. The van der Waals surface area contributed by atoms with Gasteiger partial charge >= 0.3 is 11.8 Å². The Morgan fingerprint density at radius 2 is 1.61 bits per heavy atom. The second-order valence-electron chi connectivity index (χ2n) is 8.45. The second kappa shape index (κ2) is 13.4. The Kier molecular flexibility index (Phi) is 10.0. The Balaban J connectivity index is 1.57. The first-order valence-electron chi connectivity index (χ1n) is 11.8. The summed E-state index contributed by atoms with van der Waals surface area (Å²) in [7, 11) is 1.46. The van der Waals surface area contributed by atoms with Gasteiger partial charge in [0.1, 0.15) is 0 Å². The SMILES string of the molecule is CCc1ccc(NC(=O)C(=O)N/N=C\c2cc(Br)c(OCC(=O)Nc3cc(C)cc(C)c3)c(OC)c2)cc1. The van der Waals surface area contributed by atoms with Crippen LogP contribution in [0.4, 0.5) is 11.4 Å². The van der Waals surface area contributed by atoms with Crippen molar-refractivity contribution in [3.8, 4) is 11.5 Å². The highest BCUT2D eigenvalue weighted by atomic mass is 79.9. The van der Waals surface area contributed by atoms with Crippen LogP contribution < -0.4 is 25.5 Å². The summed E-state index contributed by atoms with van der Waals surface area (Å²) in [4.78, 5) is 36.6. The molecule has 0 unspecified atom stereocenters. The Morgan fingerprint density at radius 1 is 0.921 bits per heavy atom. The van der Waals surface area contributed by atoms with Gasteiger partial charge in [-0.3, -0.25) is 14.4 Å². The van der Waals surface area contributed by atoms with E-state index in [9.17, 15) is 14.4 Å². The molecule has 0 bridgehead atoms. The van der Waals surface area contributed by atoms with E-state index in [1.165, 1.54) is 13.3 Å². The van der Waals surface area contributed by atoms with Crippen LogP contribution in [0.3, 0.4) is 0 Å². The minimum atomic E-state index is -0.915. The van der Waals surface area contributed by atoms with Crippen molar-refractivity contribution in [2.45, 2.75) is 27.2 Å². The molecule has 3 aromatic carbocycles. The summed E-state index contributed by atoms with van der Waals surface area (Å²) in [6, 6.07) is 16.3. The molecule has 38 heavy (non-hydrogen) atoms. The highest BCUT2D eigenvalue weighted by molar-refractivity contribution is 9.10. The number of nitrogens with one attached hydrogen (secondary N) is 3.